The van der Waals surface area contributed by atoms with Gasteiger partial charge in [-0.1, -0.05) is 12.1 Å². The summed E-state index contributed by atoms with van der Waals surface area (Å²) in [6, 6.07) is 8.12. The molecule has 1 aliphatic heterocycles. The van der Waals surface area contributed by atoms with E-state index in [2.05, 4.69) is 15.0 Å². The van der Waals surface area contributed by atoms with Gasteiger partial charge in [0.25, 0.3) is 5.56 Å². The second kappa shape index (κ2) is 7.40. The van der Waals surface area contributed by atoms with Crippen LogP contribution in [0.25, 0.3) is 11.5 Å². The number of H-pyrrole nitrogens is 1. The maximum absolute atomic E-state index is 14.2. The zero-order valence-corrected chi connectivity index (χ0v) is 15.1. The molecule has 29 heavy (non-hydrogen) atoms. The van der Waals surface area contributed by atoms with Crippen molar-refractivity contribution in [3.05, 3.63) is 81.2 Å². The predicted molar refractivity (Wildman–Crippen MR) is 97.3 cm³/mol. The van der Waals surface area contributed by atoms with E-state index in [0.29, 0.717) is 29.9 Å². The van der Waals surface area contributed by atoms with Crippen molar-refractivity contribution in [1.29, 1.82) is 0 Å². The van der Waals surface area contributed by atoms with E-state index in [-0.39, 0.29) is 24.5 Å². The molecule has 150 valence electrons. The molecular weight excluding hydrogens is 388 g/mol. The van der Waals surface area contributed by atoms with Crippen LogP contribution in [0.15, 0.2) is 47.4 Å². The highest BCUT2D eigenvalue weighted by atomic mass is 19.4. The summed E-state index contributed by atoms with van der Waals surface area (Å²) in [7, 11) is 0. The number of fused-ring (bicyclic) bond motifs is 1. The van der Waals surface area contributed by atoms with Crippen molar-refractivity contribution < 1.29 is 17.6 Å². The van der Waals surface area contributed by atoms with E-state index in [0.717, 1.165) is 18.2 Å². The number of nitrogens with zero attached hydrogens (tertiary/aromatic N) is 3. The lowest BCUT2D eigenvalue weighted by atomic mass is 10.0. The van der Waals surface area contributed by atoms with Gasteiger partial charge in [-0.25, -0.2) is 9.37 Å². The second-order valence-electron chi connectivity index (χ2n) is 6.78. The number of halogens is 4. The molecule has 0 amide bonds. The lowest BCUT2D eigenvalue weighted by Gasteiger charge is -2.28. The number of pyridine rings is 1. The lowest BCUT2D eigenvalue weighted by molar-refractivity contribution is -0.138. The number of rotatable bonds is 3. The first kappa shape index (κ1) is 19.3. The van der Waals surface area contributed by atoms with Crippen molar-refractivity contribution in [2.45, 2.75) is 25.7 Å². The van der Waals surface area contributed by atoms with Crippen LogP contribution in [0.5, 0.6) is 0 Å². The van der Waals surface area contributed by atoms with Gasteiger partial charge in [0.1, 0.15) is 11.5 Å². The molecule has 4 rings (SSSR count). The number of nitrogens with one attached hydrogen (secondary N) is 1. The zero-order valence-electron chi connectivity index (χ0n) is 15.1. The second-order valence-corrected chi connectivity index (χ2v) is 6.78. The highest BCUT2D eigenvalue weighted by Gasteiger charge is 2.35. The lowest BCUT2D eigenvalue weighted by Crippen LogP contribution is -2.35. The third-order valence-electron chi connectivity index (χ3n) is 4.87. The summed E-state index contributed by atoms with van der Waals surface area (Å²) in [5.74, 6) is -0.614. The van der Waals surface area contributed by atoms with Gasteiger partial charge >= 0.3 is 6.18 Å². The van der Waals surface area contributed by atoms with Crippen LogP contribution < -0.4 is 5.56 Å². The Hall–Kier alpha value is -3.07. The van der Waals surface area contributed by atoms with Crippen molar-refractivity contribution in [3.63, 3.8) is 0 Å². The first-order chi connectivity index (χ1) is 13.8. The van der Waals surface area contributed by atoms with Crippen molar-refractivity contribution in [3.8, 4) is 11.5 Å². The fraction of sp³-hybridized carbons (Fsp3) is 0.250. The Morgan fingerprint density at radius 3 is 2.69 bits per heavy atom. The Morgan fingerprint density at radius 2 is 1.97 bits per heavy atom. The van der Waals surface area contributed by atoms with Crippen LogP contribution in [-0.4, -0.2) is 26.4 Å². The third-order valence-corrected chi connectivity index (χ3v) is 4.87. The van der Waals surface area contributed by atoms with Gasteiger partial charge in [-0.3, -0.25) is 14.7 Å². The maximum Gasteiger partial charge on any atom is 0.416 e. The van der Waals surface area contributed by atoms with Crippen molar-refractivity contribution in [1.82, 2.24) is 19.9 Å². The summed E-state index contributed by atoms with van der Waals surface area (Å²) >= 11 is 0. The largest absolute Gasteiger partial charge is 0.416 e. The third kappa shape index (κ3) is 3.91. The first-order valence-electron chi connectivity index (χ1n) is 8.93. The molecule has 0 spiro atoms. The number of aromatic nitrogens is 3. The summed E-state index contributed by atoms with van der Waals surface area (Å²) < 4.78 is 54.0. The number of hydrogen-bond donors (Lipinski definition) is 1. The average Bonchev–Trinajstić information content (AvgIpc) is 2.69. The van der Waals surface area contributed by atoms with Gasteiger partial charge in [0, 0.05) is 37.0 Å². The minimum Gasteiger partial charge on any atom is -0.305 e. The fourth-order valence-electron chi connectivity index (χ4n) is 3.46. The van der Waals surface area contributed by atoms with Crippen LogP contribution in [-0.2, 0) is 25.7 Å². The van der Waals surface area contributed by atoms with Gasteiger partial charge in [-0.05, 0) is 30.7 Å². The molecule has 3 heterocycles. The highest BCUT2D eigenvalue weighted by molar-refractivity contribution is 5.49. The summed E-state index contributed by atoms with van der Waals surface area (Å²) in [6.45, 7) is 0.241. The average molecular weight is 404 g/mol. The molecule has 9 heteroatoms. The van der Waals surface area contributed by atoms with Crippen molar-refractivity contribution >= 4 is 0 Å². The normalized spacial score (nSPS) is 14.6. The molecule has 1 N–H and O–H groups in total. The molecular formula is C20H16F4N4O. The number of hydrogen-bond acceptors (Lipinski definition) is 4. The molecule has 5 nitrogen and oxygen atoms in total. The first-order valence-corrected chi connectivity index (χ1v) is 8.93. The summed E-state index contributed by atoms with van der Waals surface area (Å²) in [5.41, 5.74) is -0.249. The molecule has 1 aromatic carbocycles. The van der Waals surface area contributed by atoms with E-state index in [9.17, 15) is 22.4 Å². The van der Waals surface area contributed by atoms with E-state index < -0.39 is 23.1 Å². The summed E-state index contributed by atoms with van der Waals surface area (Å²) in [4.78, 5) is 25.4. The Labute approximate surface area is 163 Å². The number of aromatic amines is 1. The monoisotopic (exact) mass is 404 g/mol. The number of alkyl halides is 3. The van der Waals surface area contributed by atoms with Crippen LogP contribution in [0, 0.1) is 5.82 Å². The Balaban J connectivity index is 1.65. The molecule has 0 saturated carbocycles. The molecule has 0 bridgehead atoms. The van der Waals surface area contributed by atoms with Gasteiger partial charge in [-0.15, -0.1) is 0 Å². The van der Waals surface area contributed by atoms with E-state index in [1.165, 1.54) is 0 Å². The standard InChI is InChI=1S/C20H16F4N4O/c21-15-5-3-4-14(20(22,23)24)13(15)10-28-9-7-12-17(11-28)26-18(27-19(12)29)16-6-1-2-8-25-16/h1-6,8H,7,9-11H2,(H,26,27,29). The van der Waals surface area contributed by atoms with Crippen molar-refractivity contribution in [2.75, 3.05) is 6.54 Å². The summed E-state index contributed by atoms with van der Waals surface area (Å²) in [5, 5.41) is 0. The van der Waals surface area contributed by atoms with E-state index in [1.807, 2.05) is 0 Å². The van der Waals surface area contributed by atoms with Crippen molar-refractivity contribution in [2.24, 2.45) is 0 Å². The van der Waals surface area contributed by atoms with Crippen LogP contribution in [0.2, 0.25) is 0 Å². The Morgan fingerprint density at radius 1 is 1.14 bits per heavy atom. The molecule has 3 aromatic rings. The molecule has 0 saturated heterocycles. The minimum atomic E-state index is -4.65. The molecule has 0 radical (unpaired) electrons. The van der Waals surface area contributed by atoms with E-state index >= 15 is 0 Å². The highest BCUT2D eigenvalue weighted by Crippen LogP contribution is 2.34. The van der Waals surface area contributed by atoms with Crippen LogP contribution >= 0.6 is 0 Å². The fourth-order valence-corrected chi connectivity index (χ4v) is 3.46. The molecule has 0 aliphatic carbocycles. The quantitative estimate of drug-likeness (QED) is 0.679. The predicted octanol–water partition coefficient (Wildman–Crippen LogP) is 3.55. The van der Waals surface area contributed by atoms with Gasteiger partial charge in [-0.2, -0.15) is 13.2 Å². The molecule has 0 fully saturated rings. The molecule has 2 aromatic heterocycles. The van der Waals surface area contributed by atoms with Gasteiger partial charge in [0.2, 0.25) is 0 Å². The Bertz CT molecular complexity index is 1100. The minimum absolute atomic E-state index is 0.144. The van der Waals surface area contributed by atoms with Crippen LogP contribution in [0.3, 0.4) is 0 Å². The van der Waals surface area contributed by atoms with E-state index in [4.69, 9.17) is 0 Å². The van der Waals surface area contributed by atoms with Gasteiger partial charge in [0.15, 0.2) is 5.82 Å². The summed E-state index contributed by atoms with van der Waals surface area (Å²) in [6.07, 6.45) is -2.76. The Kier molecular flexibility index (Phi) is 4.91. The van der Waals surface area contributed by atoms with Crippen LogP contribution in [0.1, 0.15) is 22.4 Å². The van der Waals surface area contributed by atoms with Gasteiger partial charge in [0.05, 0.1) is 11.3 Å². The smallest absolute Gasteiger partial charge is 0.305 e. The zero-order chi connectivity index (χ0) is 20.6. The SMILES string of the molecule is O=c1[nH]c(-c2ccccn2)nc2c1CCN(Cc1c(F)cccc1C(F)(F)F)C2. The molecule has 0 atom stereocenters. The maximum atomic E-state index is 14.2. The molecule has 1 aliphatic rings. The number of benzene rings is 1. The van der Waals surface area contributed by atoms with Gasteiger partial charge < -0.3 is 4.98 Å². The van der Waals surface area contributed by atoms with E-state index in [1.54, 1.807) is 29.3 Å². The van der Waals surface area contributed by atoms with Crippen LogP contribution in [0.4, 0.5) is 17.6 Å². The molecule has 0 unspecified atom stereocenters. The topological polar surface area (TPSA) is 61.9 Å².